The molecule has 0 saturated heterocycles. The second-order valence-corrected chi connectivity index (χ2v) is 12.6. The molecule has 3 aromatic rings. The topological polar surface area (TPSA) is 29.5 Å². The van der Waals surface area contributed by atoms with Crippen molar-refractivity contribution in [2.75, 3.05) is 7.11 Å². The highest BCUT2D eigenvalue weighted by Gasteiger charge is 2.63. The van der Waals surface area contributed by atoms with Gasteiger partial charge in [-0.1, -0.05) is 60.1 Å². The van der Waals surface area contributed by atoms with Gasteiger partial charge in [0.15, 0.2) is 0 Å². The fourth-order valence-corrected chi connectivity index (χ4v) is 7.78. The average Bonchev–Trinajstić information content (AvgIpc) is 2.66. The van der Waals surface area contributed by atoms with Gasteiger partial charge < -0.3 is 0 Å². The van der Waals surface area contributed by atoms with Gasteiger partial charge in [-0.3, -0.25) is 0 Å². The van der Waals surface area contributed by atoms with Gasteiger partial charge in [-0.25, -0.2) is 9.28 Å². The Labute approximate surface area is 177 Å². The molecule has 0 aromatic heterocycles. The van der Waals surface area contributed by atoms with Gasteiger partial charge in [0.1, 0.15) is 5.82 Å². The van der Waals surface area contributed by atoms with Crippen LogP contribution in [0.4, 0.5) is 4.39 Å². The fraction of sp³-hybridized carbons (Fsp3) is 0.143. The molecule has 2 unspecified atom stereocenters. The largest absolute Gasteiger partial charge is 0.349 e. The summed E-state index contributed by atoms with van der Waals surface area (Å²) < 4.78 is 19.4. The van der Waals surface area contributed by atoms with Crippen molar-refractivity contribution in [3.63, 3.8) is 0 Å². The van der Waals surface area contributed by atoms with Crippen LogP contribution in [0.3, 0.4) is 0 Å². The summed E-state index contributed by atoms with van der Waals surface area (Å²) in [6, 6.07) is 21.5. The van der Waals surface area contributed by atoms with Crippen LogP contribution in [-0.4, -0.2) is 12.0 Å². The smallest absolute Gasteiger partial charge is 0.210 e. The lowest BCUT2D eigenvalue weighted by Crippen LogP contribution is -2.32. The normalized spacial score (nSPS) is 15.8. The van der Waals surface area contributed by atoms with E-state index in [1.54, 1.807) is 24.3 Å². The molecule has 0 bridgehead atoms. The Morgan fingerprint density at radius 2 is 1.48 bits per heavy atom. The van der Waals surface area contributed by atoms with Gasteiger partial charge in [-0.05, 0) is 36.8 Å². The van der Waals surface area contributed by atoms with Crippen LogP contribution in [0.15, 0.2) is 72.8 Å². The molecule has 2 nitrogen and oxygen atoms in total. The van der Waals surface area contributed by atoms with Crippen molar-refractivity contribution in [2.24, 2.45) is 0 Å². The van der Waals surface area contributed by atoms with E-state index >= 15 is 0 Å². The van der Waals surface area contributed by atoms with Gasteiger partial charge >= 0.3 is 5.36 Å². The maximum atomic E-state index is 13.7. The molecule has 3 rings (SSSR count). The van der Waals surface area contributed by atoms with E-state index in [4.69, 9.17) is 16.1 Å². The summed E-state index contributed by atoms with van der Waals surface area (Å²) in [4.78, 5) is 11.6. The van der Waals surface area contributed by atoms with Crippen LogP contribution in [-0.2, 0) is 9.68 Å². The predicted molar refractivity (Wildman–Crippen MR) is 119 cm³/mol. The molecule has 0 spiro atoms. The highest BCUT2D eigenvalue weighted by atomic mass is 127. The fourth-order valence-electron chi connectivity index (χ4n) is 3.44. The van der Waals surface area contributed by atoms with Gasteiger partial charge in [0.05, 0.1) is 7.11 Å². The van der Waals surface area contributed by atoms with Crippen LogP contribution in [0.2, 0.25) is 5.02 Å². The number of hydrogen-bond acceptors (Lipinski definition) is 2. The number of benzene rings is 3. The maximum absolute atomic E-state index is 13.7. The second kappa shape index (κ2) is 8.14. The molecule has 27 heavy (non-hydrogen) atoms. The standard InChI is InChI=1S/C21H19ClFIO2P/c1-15-5-3-4-6-20(15)21(27(24,25)26-2,16-7-11-18(22)12-8-16)17-9-13-19(23)14-10-17/h3-14,25H,1-2H3/q+1. The minimum atomic E-state index is -3.08. The number of rotatable bonds is 5. The molecule has 3 aromatic carbocycles. The van der Waals surface area contributed by atoms with Gasteiger partial charge in [0.2, 0.25) is 27.2 Å². The summed E-state index contributed by atoms with van der Waals surface area (Å²) in [5.74, 6) is -0.332. The summed E-state index contributed by atoms with van der Waals surface area (Å²) in [6.07, 6.45) is 0. The van der Waals surface area contributed by atoms with Crippen molar-refractivity contribution in [1.82, 2.24) is 0 Å². The Balaban J connectivity index is 2.47. The molecule has 2 atom stereocenters. The van der Waals surface area contributed by atoms with Crippen molar-refractivity contribution in [3.8, 4) is 0 Å². The van der Waals surface area contributed by atoms with E-state index in [0.29, 0.717) is 5.02 Å². The van der Waals surface area contributed by atoms with Gasteiger partial charge in [-0.2, -0.15) is 4.52 Å². The highest BCUT2D eigenvalue weighted by molar-refractivity contribution is 14.2. The third-order valence-corrected chi connectivity index (χ3v) is 10.4. The molecular weight excluding hydrogens is 497 g/mol. The van der Waals surface area contributed by atoms with E-state index in [1.807, 2.05) is 65.4 Å². The van der Waals surface area contributed by atoms with E-state index < -0.39 is 10.5 Å². The van der Waals surface area contributed by atoms with Gasteiger partial charge in [-0.15, -0.1) is 0 Å². The van der Waals surface area contributed by atoms with E-state index in [1.165, 1.54) is 19.2 Å². The number of halogens is 3. The van der Waals surface area contributed by atoms with E-state index in [9.17, 15) is 9.28 Å². The lowest BCUT2D eigenvalue weighted by molar-refractivity contribution is 0.368. The van der Waals surface area contributed by atoms with Crippen molar-refractivity contribution in [2.45, 2.75) is 12.1 Å². The Morgan fingerprint density at radius 1 is 0.963 bits per heavy atom. The number of hydrogen-bond donors (Lipinski definition) is 1. The maximum Gasteiger partial charge on any atom is 0.349 e. The monoisotopic (exact) mass is 515 g/mol. The molecule has 0 saturated carbocycles. The first-order chi connectivity index (χ1) is 12.8. The molecular formula is C21H19ClFIO2P+. The molecule has 6 heteroatoms. The highest BCUT2D eigenvalue weighted by Crippen LogP contribution is 2.80. The van der Waals surface area contributed by atoms with Crippen molar-refractivity contribution >= 4 is 39.0 Å². The lowest BCUT2D eigenvalue weighted by atomic mass is 9.82. The summed E-state index contributed by atoms with van der Waals surface area (Å²) in [7, 11) is 1.51. The third-order valence-electron chi connectivity index (χ3n) is 4.71. The average molecular weight is 516 g/mol. The Bertz CT molecular complexity index is 884. The molecule has 140 valence electrons. The van der Waals surface area contributed by atoms with E-state index in [-0.39, 0.29) is 5.82 Å². The van der Waals surface area contributed by atoms with Crippen LogP contribution in [0, 0.1) is 12.7 Å². The van der Waals surface area contributed by atoms with Gasteiger partial charge in [0, 0.05) is 21.7 Å². The molecule has 0 aliphatic carbocycles. The van der Waals surface area contributed by atoms with E-state index in [2.05, 4.69) is 0 Å². The van der Waals surface area contributed by atoms with E-state index in [0.717, 1.165) is 22.3 Å². The van der Waals surface area contributed by atoms with Gasteiger partial charge in [0.25, 0.3) is 0 Å². The summed E-state index contributed by atoms with van der Waals surface area (Å²) in [5, 5.41) is -3.48. The number of aryl methyl sites for hydroxylation is 1. The Morgan fingerprint density at radius 3 is 2.00 bits per heavy atom. The zero-order valence-electron chi connectivity index (χ0n) is 14.9. The van der Waals surface area contributed by atoms with Crippen molar-refractivity contribution in [1.29, 1.82) is 0 Å². The summed E-state index contributed by atoms with van der Waals surface area (Å²) in [5.41, 5.74) is 3.50. The first kappa shape index (κ1) is 20.7. The molecule has 0 radical (unpaired) electrons. The molecule has 0 heterocycles. The third kappa shape index (κ3) is 3.66. The lowest BCUT2D eigenvalue weighted by Gasteiger charge is -2.37. The molecule has 0 aliphatic rings. The zero-order valence-corrected chi connectivity index (χ0v) is 18.7. The first-order valence-corrected chi connectivity index (χ1v) is 13.1. The van der Waals surface area contributed by atoms with Crippen LogP contribution >= 0.6 is 39.0 Å². The molecule has 0 aliphatic heterocycles. The summed E-state index contributed by atoms with van der Waals surface area (Å²) >= 11 is 8.13. The molecule has 0 fully saturated rings. The zero-order chi connectivity index (χ0) is 19.7. The van der Waals surface area contributed by atoms with Crippen molar-refractivity contribution < 1.29 is 13.8 Å². The van der Waals surface area contributed by atoms with Crippen molar-refractivity contribution in [3.05, 3.63) is 106 Å². The van der Waals surface area contributed by atoms with Crippen LogP contribution in [0.25, 0.3) is 0 Å². The molecule has 0 amide bonds. The first-order valence-electron chi connectivity index (χ1n) is 8.28. The quantitative estimate of drug-likeness (QED) is 0.227. The SMILES string of the molecule is CO[P+](O)(I)C(c1ccc(F)cc1)(c1ccc(Cl)cc1)c1ccccc1C. The Hall–Kier alpha value is -1.04. The Kier molecular flexibility index (Phi) is 6.24. The minimum absolute atomic E-state index is 0.332. The summed E-state index contributed by atoms with van der Waals surface area (Å²) in [6.45, 7) is 2.00. The van der Waals surface area contributed by atoms with Crippen LogP contribution in [0.5, 0.6) is 0 Å². The van der Waals surface area contributed by atoms with Crippen LogP contribution in [0.1, 0.15) is 22.3 Å². The predicted octanol–water partition coefficient (Wildman–Crippen LogP) is 6.92. The second-order valence-electron chi connectivity index (χ2n) is 6.22. The van der Waals surface area contributed by atoms with Crippen LogP contribution < -0.4 is 0 Å². The minimum Gasteiger partial charge on any atom is -0.210 e. The molecule has 1 N–H and O–H groups in total.